The molecule has 2 aromatic rings. The minimum atomic E-state index is -3.71. The first-order valence-electron chi connectivity index (χ1n) is 15.3. The van der Waals surface area contributed by atoms with Crippen molar-refractivity contribution in [3.63, 3.8) is 0 Å². The lowest BCUT2D eigenvalue weighted by Gasteiger charge is -2.36. The molecule has 4 rings (SSSR count). The number of aryl methyl sites for hydroxylation is 1. The van der Waals surface area contributed by atoms with E-state index in [9.17, 15) is 18.0 Å². The molecule has 236 valence electrons. The van der Waals surface area contributed by atoms with E-state index in [1.807, 2.05) is 39.0 Å². The van der Waals surface area contributed by atoms with Gasteiger partial charge in [-0.1, -0.05) is 43.7 Å². The average Bonchev–Trinajstić information content (AvgIpc) is 3.18. The van der Waals surface area contributed by atoms with Crippen LogP contribution in [0.15, 0.2) is 47.4 Å². The van der Waals surface area contributed by atoms with Crippen molar-refractivity contribution in [3.05, 3.63) is 64.7 Å². The molecule has 10 heteroatoms. The Kier molecular flexibility index (Phi) is 12.9. The van der Waals surface area contributed by atoms with E-state index in [2.05, 4.69) is 17.0 Å². The van der Waals surface area contributed by atoms with Gasteiger partial charge in [-0.3, -0.25) is 14.4 Å². The van der Waals surface area contributed by atoms with Gasteiger partial charge in [0.05, 0.1) is 4.90 Å². The second kappa shape index (κ2) is 16.1. The van der Waals surface area contributed by atoms with Gasteiger partial charge in [0, 0.05) is 43.6 Å². The largest absolute Gasteiger partial charge is 0.483 e. The predicted molar refractivity (Wildman–Crippen MR) is 167 cm³/mol. The zero-order valence-electron chi connectivity index (χ0n) is 25.7. The smallest absolute Gasteiger partial charge is 0.290 e. The fourth-order valence-corrected chi connectivity index (χ4v) is 7.82. The van der Waals surface area contributed by atoms with E-state index in [1.165, 1.54) is 15.4 Å². The average molecular weight is 614 g/mol. The molecule has 0 bridgehead atoms. The number of primary amides is 1. The normalized spacial score (nSPS) is 19.2. The minimum Gasteiger partial charge on any atom is -0.483 e. The highest BCUT2D eigenvalue weighted by molar-refractivity contribution is 7.89. The van der Waals surface area contributed by atoms with Crippen LogP contribution in [0.3, 0.4) is 0 Å². The molecule has 0 radical (unpaired) electrons. The van der Waals surface area contributed by atoms with E-state index >= 15 is 0 Å². The van der Waals surface area contributed by atoms with Crippen molar-refractivity contribution in [2.45, 2.75) is 83.1 Å². The lowest BCUT2D eigenvalue weighted by atomic mass is 9.84. The number of carbonyl (C=O) groups is 3. The molecule has 2 aromatic carbocycles. The number of sulfonamides is 1. The second-order valence-electron chi connectivity index (χ2n) is 12.1. The number of fused-ring (bicyclic) bond motifs is 1. The summed E-state index contributed by atoms with van der Waals surface area (Å²) in [6.07, 6.45) is 6.66. The van der Waals surface area contributed by atoms with E-state index in [-0.39, 0.29) is 42.1 Å². The summed E-state index contributed by atoms with van der Waals surface area (Å²) < 4.78 is 28.6. The first kappa shape index (κ1) is 34.4. The molecule has 3 N–H and O–H groups in total. The fourth-order valence-electron chi connectivity index (χ4n) is 6.13. The number of hydrogen-bond acceptors (Lipinski definition) is 6. The second-order valence-corrected chi connectivity index (χ2v) is 13.9. The molecule has 1 aliphatic carbocycles. The first-order chi connectivity index (χ1) is 20.5. The maximum atomic E-state index is 13.5. The maximum Gasteiger partial charge on any atom is 0.290 e. The SMILES string of the molecule is Cc1ccc(S(=O)(=O)N(CCC(N)=O)C2CCC(CCN3CCc4ccc(C(=O)C(C)C)cc4CC3)CC2)cc1.O=CO. The Morgan fingerprint density at radius 3 is 2.21 bits per heavy atom. The van der Waals surface area contributed by atoms with Crippen LogP contribution in [0.1, 0.15) is 79.4 Å². The predicted octanol–water partition coefficient (Wildman–Crippen LogP) is 4.45. The molecule has 0 unspecified atom stereocenters. The number of carboxylic acid groups (broad SMARTS) is 1. The van der Waals surface area contributed by atoms with Crippen LogP contribution in [0.5, 0.6) is 0 Å². The highest BCUT2D eigenvalue weighted by Gasteiger charge is 2.34. The molecule has 0 saturated heterocycles. The van der Waals surface area contributed by atoms with Crippen LogP contribution in [0.2, 0.25) is 0 Å². The molecule has 1 amide bonds. The summed E-state index contributed by atoms with van der Waals surface area (Å²) in [6.45, 7) is 8.76. The molecule has 1 saturated carbocycles. The number of nitrogens with zero attached hydrogens (tertiary/aromatic N) is 2. The van der Waals surface area contributed by atoms with Gasteiger partial charge in [0.2, 0.25) is 15.9 Å². The Labute approximate surface area is 256 Å². The van der Waals surface area contributed by atoms with E-state index in [0.29, 0.717) is 5.92 Å². The number of benzene rings is 2. The van der Waals surface area contributed by atoms with Crippen LogP contribution in [-0.2, 0) is 32.5 Å². The molecule has 43 heavy (non-hydrogen) atoms. The van der Waals surface area contributed by atoms with Crippen LogP contribution in [0, 0.1) is 18.8 Å². The summed E-state index contributed by atoms with van der Waals surface area (Å²) in [5.41, 5.74) is 9.89. The third-order valence-corrected chi connectivity index (χ3v) is 10.7. The number of rotatable bonds is 11. The van der Waals surface area contributed by atoms with Gasteiger partial charge in [0.25, 0.3) is 6.47 Å². The van der Waals surface area contributed by atoms with Gasteiger partial charge >= 0.3 is 0 Å². The van der Waals surface area contributed by atoms with Gasteiger partial charge in [0.15, 0.2) is 5.78 Å². The Morgan fingerprint density at radius 1 is 1.02 bits per heavy atom. The lowest BCUT2D eigenvalue weighted by Crippen LogP contribution is -2.44. The fraction of sp³-hybridized carbons (Fsp3) is 0.545. The highest BCUT2D eigenvalue weighted by Crippen LogP contribution is 2.33. The molecule has 0 atom stereocenters. The van der Waals surface area contributed by atoms with Crippen LogP contribution < -0.4 is 5.73 Å². The summed E-state index contributed by atoms with van der Waals surface area (Å²) in [5.74, 6) is 0.296. The number of amides is 1. The molecule has 2 aliphatic rings. The highest BCUT2D eigenvalue weighted by atomic mass is 32.2. The van der Waals surface area contributed by atoms with Gasteiger partial charge in [-0.25, -0.2) is 8.42 Å². The van der Waals surface area contributed by atoms with Crippen LogP contribution in [-0.4, -0.2) is 73.1 Å². The molecular weight excluding hydrogens is 566 g/mol. The van der Waals surface area contributed by atoms with E-state index in [0.717, 1.165) is 75.7 Å². The Hall–Kier alpha value is -3.08. The molecular formula is C33H47N3O6S. The first-order valence-corrected chi connectivity index (χ1v) is 16.7. The zero-order valence-corrected chi connectivity index (χ0v) is 26.5. The van der Waals surface area contributed by atoms with Crippen molar-refractivity contribution in [1.29, 1.82) is 0 Å². The molecule has 9 nitrogen and oxygen atoms in total. The summed E-state index contributed by atoms with van der Waals surface area (Å²) in [4.78, 5) is 35.2. The Balaban J connectivity index is 0.00000162. The van der Waals surface area contributed by atoms with Gasteiger partial charge in [0.1, 0.15) is 0 Å². The molecule has 0 spiro atoms. The van der Waals surface area contributed by atoms with Gasteiger partial charge < -0.3 is 15.7 Å². The minimum absolute atomic E-state index is 0.00774. The molecule has 1 aliphatic heterocycles. The number of hydrogen-bond donors (Lipinski definition) is 2. The van der Waals surface area contributed by atoms with Gasteiger partial charge in [-0.2, -0.15) is 4.31 Å². The van der Waals surface area contributed by atoms with E-state index < -0.39 is 15.9 Å². The quantitative estimate of drug-likeness (QED) is 0.282. The topological polar surface area (TPSA) is 138 Å². The number of nitrogens with two attached hydrogens (primary N) is 1. The van der Waals surface area contributed by atoms with Crippen LogP contribution >= 0.6 is 0 Å². The third kappa shape index (κ3) is 9.71. The van der Waals surface area contributed by atoms with Gasteiger partial charge in [-0.15, -0.1) is 0 Å². The Morgan fingerprint density at radius 2 is 1.63 bits per heavy atom. The van der Waals surface area contributed by atoms with Crippen molar-refractivity contribution in [2.24, 2.45) is 17.6 Å². The summed E-state index contributed by atoms with van der Waals surface area (Å²) in [6, 6.07) is 13.0. The van der Waals surface area contributed by atoms with Crippen molar-refractivity contribution >= 4 is 28.2 Å². The molecule has 1 fully saturated rings. The summed E-state index contributed by atoms with van der Waals surface area (Å²) >= 11 is 0. The number of ketones is 1. The number of Topliss-reactive ketones (excluding diaryl/α,β-unsaturated/α-hetero) is 1. The number of carbonyl (C=O) groups excluding carboxylic acids is 2. The van der Waals surface area contributed by atoms with Crippen molar-refractivity contribution in [3.8, 4) is 0 Å². The standard InChI is InChI=1S/C32H45N3O4S.CH2O2/c1-23(2)32(37)28-9-8-26-15-19-34(20-16-27(26)22-28)18-14-25-6-10-29(11-7-25)35(21-17-31(33)36)40(38,39)30-12-4-24(3)5-13-30;2-1-3/h4-5,8-9,12-13,22-23,25,29H,6-7,10-11,14-21H2,1-3H3,(H2,33,36);1H,(H,2,3). The Bertz CT molecular complexity index is 1330. The van der Waals surface area contributed by atoms with Gasteiger partial charge in [-0.05, 0) is 93.7 Å². The van der Waals surface area contributed by atoms with Crippen LogP contribution in [0.25, 0.3) is 0 Å². The lowest BCUT2D eigenvalue weighted by molar-refractivity contribution is -0.123. The summed E-state index contributed by atoms with van der Waals surface area (Å²) in [5, 5.41) is 6.89. The molecule has 0 aromatic heterocycles. The third-order valence-electron chi connectivity index (χ3n) is 8.69. The maximum absolute atomic E-state index is 13.5. The van der Waals surface area contributed by atoms with E-state index in [1.54, 1.807) is 12.1 Å². The van der Waals surface area contributed by atoms with Crippen molar-refractivity contribution < 1.29 is 27.9 Å². The monoisotopic (exact) mass is 613 g/mol. The van der Waals surface area contributed by atoms with Crippen LogP contribution in [0.4, 0.5) is 0 Å². The van der Waals surface area contributed by atoms with Crippen molar-refractivity contribution in [1.82, 2.24) is 9.21 Å². The zero-order chi connectivity index (χ0) is 31.6. The van der Waals surface area contributed by atoms with Crippen molar-refractivity contribution in [2.75, 3.05) is 26.2 Å². The van der Waals surface area contributed by atoms with E-state index in [4.69, 9.17) is 15.6 Å². The summed E-state index contributed by atoms with van der Waals surface area (Å²) in [7, 11) is -3.71. The molecule has 1 heterocycles.